The van der Waals surface area contributed by atoms with Gasteiger partial charge in [-0.15, -0.1) is 0 Å². The van der Waals surface area contributed by atoms with Crippen molar-refractivity contribution in [2.24, 2.45) is 0 Å². The summed E-state index contributed by atoms with van der Waals surface area (Å²) >= 11 is 6.24. The number of nitrogens with zero attached hydrogens (tertiary/aromatic N) is 2. The zero-order valence-electron chi connectivity index (χ0n) is 24.8. The molecule has 7 nitrogen and oxygen atoms in total. The van der Waals surface area contributed by atoms with Gasteiger partial charge in [0.25, 0.3) is 10.0 Å². The third-order valence-corrected chi connectivity index (χ3v) is 10.1. The molecule has 1 N–H and O–H groups in total. The number of sulfonamides is 1. The van der Waals surface area contributed by atoms with Crippen molar-refractivity contribution in [2.75, 3.05) is 10.8 Å². The van der Waals surface area contributed by atoms with E-state index >= 15 is 0 Å². The van der Waals surface area contributed by atoms with Gasteiger partial charge in [-0.1, -0.05) is 72.8 Å². The van der Waals surface area contributed by atoms with E-state index in [1.807, 2.05) is 32.9 Å². The van der Waals surface area contributed by atoms with Gasteiger partial charge in [0, 0.05) is 17.6 Å². The van der Waals surface area contributed by atoms with Crippen LogP contribution in [0, 0.1) is 20.8 Å². The lowest BCUT2D eigenvalue weighted by Crippen LogP contribution is -2.53. The number of amides is 2. The largest absolute Gasteiger partial charge is 0.352 e. The molecule has 1 aliphatic rings. The lowest BCUT2D eigenvalue weighted by Gasteiger charge is -2.33. The molecular formula is C33H40ClN3O4S. The normalized spacial score (nSPS) is 14.7. The Balaban J connectivity index is 1.71. The fourth-order valence-electron chi connectivity index (χ4n) is 5.34. The molecule has 0 heterocycles. The summed E-state index contributed by atoms with van der Waals surface area (Å²) in [6.07, 6.45) is 5.11. The van der Waals surface area contributed by atoms with E-state index in [1.165, 1.54) is 9.21 Å². The first kappa shape index (κ1) is 31.6. The molecule has 1 saturated carbocycles. The Morgan fingerprint density at radius 1 is 0.952 bits per heavy atom. The van der Waals surface area contributed by atoms with E-state index in [9.17, 15) is 18.0 Å². The Morgan fingerprint density at radius 3 is 2.29 bits per heavy atom. The number of benzene rings is 3. The molecule has 1 fully saturated rings. The third-order valence-electron chi connectivity index (χ3n) is 8.09. The average molecular weight is 610 g/mol. The predicted molar refractivity (Wildman–Crippen MR) is 168 cm³/mol. The van der Waals surface area contributed by atoms with Gasteiger partial charge in [0.05, 0.1) is 10.6 Å². The predicted octanol–water partition coefficient (Wildman–Crippen LogP) is 6.33. The van der Waals surface area contributed by atoms with Gasteiger partial charge in [-0.2, -0.15) is 0 Å². The number of carbonyl (C=O) groups excluding carboxylic acids is 2. The van der Waals surface area contributed by atoms with Gasteiger partial charge in [-0.25, -0.2) is 8.42 Å². The summed E-state index contributed by atoms with van der Waals surface area (Å²) in [6, 6.07) is 18.3. The molecule has 0 bridgehead atoms. The van der Waals surface area contributed by atoms with E-state index in [-0.39, 0.29) is 23.4 Å². The highest BCUT2D eigenvalue weighted by Crippen LogP contribution is 2.29. The summed E-state index contributed by atoms with van der Waals surface area (Å²) in [7, 11) is -4.12. The summed E-state index contributed by atoms with van der Waals surface area (Å²) in [5, 5.41) is 3.64. The second-order valence-electron chi connectivity index (χ2n) is 11.2. The van der Waals surface area contributed by atoms with Crippen molar-refractivity contribution < 1.29 is 18.0 Å². The van der Waals surface area contributed by atoms with Gasteiger partial charge in [0.15, 0.2) is 0 Å². The zero-order chi connectivity index (χ0) is 30.4. The quantitative estimate of drug-likeness (QED) is 0.291. The lowest BCUT2D eigenvalue weighted by atomic mass is 9.95. The van der Waals surface area contributed by atoms with Crippen LogP contribution in [0.3, 0.4) is 0 Å². The van der Waals surface area contributed by atoms with Crippen LogP contribution in [0.2, 0.25) is 5.02 Å². The van der Waals surface area contributed by atoms with Crippen LogP contribution in [0.1, 0.15) is 61.3 Å². The number of hydrogen-bond donors (Lipinski definition) is 1. The first-order valence-corrected chi connectivity index (χ1v) is 16.3. The minimum Gasteiger partial charge on any atom is -0.352 e. The van der Waals surface area contributed by atoms with E-state index in [0.717, 1.165) is 54.4 Å². The smallest absolute Gasteiger partial charge is 0.264 e. The topological polar surface area (TPSA) is 86.8 Å². The molecule has 42 heavy (non-hydrogen) atoms. The second-order valence-corrected chi connectivity index (χ2v) is 13.5. The Labute approximate surface area is 254 Å². The second kappa shape index (κ2) is 13.7. The Morgan fingerprint density at radius 2 is 1.62 bits per heavy atom. The van der Waals surface area contributed by atoms with Crippen LogP contribution in [0.4, 0.5) is 5.69 Å². The summed E-state index contributed by atoms with van der Waals surface area (Å²) in [6.45, 7) is 6.95. The standard InChI is InChI=1S/C33H40ClN3O4S/c1-23-16-18-30(19-17-23)42(40,41)37(31-15-8-10-24(2)25(31)3)22-32(38)36(21-27-11-9-12-28(34)20-27)26(4)33(39)35-29-13-6-5-7-14-29/h8-12,15-20,26,29H,5-7,13-14,21-22H2,1-4H3,(H,35,39)/t26-/m0/s1. The van der Waals surface area contributed by atoms with Crippen molar-refractivity contribution in [2.45, 2.75) is 83.3 Å². The number of nitrogens with one attached hydrogen (secondary N) is 1. The van der Waals surface area contributed by atoms with Crippen molar-refractivity contribution in [3.8, 4) is 0 Å². The van der Waals surface area contributed by atoms with Crippen LogP contribution in [0.5, 0.6) is 0 Å². The van der Waals surface area contributed by atoms with Crippen molar-refractivity contribution in [1.82, 2.24) is 10.2 Å². The number of anilines is 1. The first-order chi connectivity index (χ1) is 20.0. The molecule has 1 atom stereocenters. The molecule has 0 aromatic heterocycles. The van der Waals surface area contributed by atoms with E-state index in [2.05, 4.69) is 5.32 Å². The van der Waals surface area contributed by atoms with Crippen LogP contribution in [-0.2, 0) is 26.2 Å². The Hall–Kier alpha value is -3.36. The van der Waals surface area contributed by atoms with Gasteiger partial charge < -0.3 is 10.2 Å². The average Bonchev–Trinajstić information content (AvgIpc) is 2.96. The van der Waals surface area contributed by atoms with Crippen LogP contribution < -0.4 is 9.62 Å². The van der Waals surface area contributed by atoms with Gasteiger partial charge in [0.2, 0.25) is 11.8 Å². The maximum Gasteiger partial charge on any atom is 0.264 e. The monoisotopic (exact) mass is 609 g/mol. The highest BCUT2D eigenvalue weighted by atomic mass is 35.5. The lowest BCUT2D eigenvalue weighted by molar-refractivity contribution is -0.139. The minimum atomic E-state index is -4.12. The van der Waals surface area contributed by atoms with Crippen molar-refractivity contribution in [1.29, 1.82) is 0 Å². The first-order valence-electron chi connectivity index (χ1n) is 14.5. The summed E-state index contributed by atoms with van der Waals surface area (Å²) in [4.78, 5) is 29.2. The van der Waals surface area contributed by atoms with Crippen LogP contribution in [0.25, 0.3) is 0 Å². The number of halogens is 1. The van der Waals surface area contributed by atoms with E-state index in [4.69, 9.17) is 11.6 Å². The zero-order valence-corrected chi connectivity index (χ0v) is 26.3. The molecule has 0 saturated heterocycles. The number of rotatable bonds is 10. The Kier molecular flexibility index (Phi) is 10.3. The Bertz CT molecular complexity index is 1520. The van der Waals surface area contributed by atoms with Crippen LogP contribution >= 0.6 is 11.6 Å². The number of hydrogen-bond acceptors (Lipinski definition) is 4. The number of carbonyl (C=O) groups is 2. The molecule has 3 aromatic rings. The van der Waals surface area contributed by atoms with E-state index < -0.39 is 28.5 Å². The molecular weight excluding hydrogens is 570 g/mol. The third kappa shape index (κ3) is 7.53. The fourth-order valence-corrected chi connectivity index (χ4v) is 7.02. The molecule has 3 aromatic carbocycles. The minimum absolute atomic E-state index is 0.0742. The molecule has 1 aliphatic carbocycles. The highest BCUT2D eigenvalue weighted by molar-refractivity contribution is 7.92. The van der Waals surface area contributed by atoms with E-state index in [0.29, 0.717) is 10.7 Å². The van der Waals surface area contributed by atoms with Crippen molar-refractivity contribution in [3.63, 3.8) is 0 Å². The molecule has 0 aliphatic heterocycles. The molecule has 0 radical (unpaired) electrons. The molecule has 9 heteroatoms. The highest BCUT2D eigenvalue weighted by Gasteiger charge is 2.34. The fraction of sp³-hybridized carbons (Fsp3) is 0.394. The maximum atomic E-state index is 14.2. The van der Waals surface area contributed by atoms with Gasteiger partial charge in [-0.3, -0.25) is 13.9 Å². The van der Waals surface area contributed by atoms with Crippen LogP contribution in [0.15, 0.2) is 71.6 Å². The summed E-state index contributed by atoms with van der Waals surface area (Å²) in [5.74, 6) is -0.741. The van der Waals surface area contributed by atoms with E-state index in [1.54, 1.807) is 61.5 Å². The maximum absolute atomic E-state index is 14.2. The van der Waals surface area contributed by atoms with Crippen LogP contribution in [-0.4, -0.2) is 43.8 Å². The van der Waals surface area contributed by atoms with Gasteiger partial charge in [-0.05, 0) is 87.6 Å². The SMILES string of the molecule is Cc1ccc(S(=O)(=O)N(CC(=O)N(Cc2cccc(Cl)c2)[C@@H](C)C(=O)NC2CCCCC2)c2cccc(C)c2C)cc1. The summed E-state index contributed by atoms with van der Waals surface area (Å²) < 4.78 is 29.4. The molecule has 4 rings (SSSR count). The molecule has 2 amide bonds. The molecule has 224 valence electrons. The molecule has 0 unspecified atom stereocenters. The summed E-state index contributed by atoms with van der Waals surface area (Å²) in [5.41, 5.74) is 3.75. The van der Waals surface area contributed by atoms with Gasteiger partial charge in [0.1, 0.15) is 12.6 Å². The van der Waals surface area contributed by atoms with Crippen molar-refractivity contribution in [3.05, 3.63) is 94.0 Å². The van der Waals surface area contributed by atoms with Gasteiger partial charge >= 0.3 is 0 Å². The van der Waals surface area contributed by atoms with Crippen molar-refractivity contribution >= 4 is 39.1 Å². The molecule has 0 spiro atoms. The number of aryl methyl sites for hydroxylation is 2.